The van der Waals surface area contributed by atoms with E-state index in [2.05, 4.69) is 0 Å². The van der Waals surface area contributed by atoms with Crippen LogP contribution in [0.1, 0.15) is 33.1 Å². The van der Waals surface area contributed by atoms with Gasteiger partial charge in [0.05, 0.1) is 12.0 Å². The molecule has 0 aromatic heterocycles. The second-order valence-corrected chi connectivity index (χ2v) is 5.19. The molecule has 0 atom stereocenters. The van der Waals surface area contributed by atoms with Gasteiger partial charge in [-0.1, -0.05) is 6.92 Å². The van der Waals surface area contributed by atoms with Gasteiger partial charge in [0.25, 0.3) is 0 Å². The maximum atomic E-state index is 12.0. The van der Waals surface area contributed by atoms with Gasteiger partial charge in [-0.05, 0) is 19.3 Å². The van der Waals surface area contributed by atoms with Crippen LogP contribution in [0.4, 0.5) is 0 Å². The average Bonchev–Trinajstić information content (AvgIpc) is 2.38. The summed E-state index contributed by atoms with van der Waals surface area (Å²) in [6, 6.07) is 0. The highest BCUT2D eigenvalue weighted by molar-refractivity contribution is 5.84. The van der Waals surface area contributed by atoms with Crippen molar-refractivity contribution < 1.29 is 19.5 Å². The summed E-state index contributed by atoms with van der Waals surface area (Å²) in [5, 5.41) is 9.28. The Hall–Kier alpha value is -1.59. The molecule has 0 spiro atoms. The van der Waals surface area contributed by atoms with Crippen molar-refractivity contribution in [3.63, 3.8) is 0 Å². The maximum absolute atomic E-state index is 12.0. The number of piperidine rings is 1. The molecule has 0 aromatic carbocycles. The smallest absolute Gasteiger partial charge is 0.309 e. The van der Waals surface area contributed by atoms with E-state index in [1.807, 2.05) is 6.92 Å². The number of hydrogen-bond donors (Lipinski definition) is 1. The van der Waals surface area contributed by atoms with Crippen LogP contribution in [0.2, 0.25) is 0 Å². The summed E-state index contributed by atoms with van der Waals surface area (Å²) < 4.78 is 0. The molecule has 1 N–H and O–H groups in total. The standard InChI is InChI=1S/C13H22N2O4/c1-4-13(12(18)19)5-7-15(8-6-13)11(17)9-14(3)10(2)16/h4-9H2,1-3H3,(H,18,19). The fourth-order valence-corrected chi connectivity index (χ4v) is 2.32. The van der Waals surface area contributed by atoms with Crippen LogP contribution in [0.25, 0.3) is 0 Å². The lowest BCUT2D eigenvalue weighted by Gasteiger charge is -2.38. The van der Waals surface area contributed by atoms with Crippen molar-refractivity contribution in [3.8, 4) is 0 Å². The van der Waals surface area contributed by atoms with Crippen molar-refractivity contribution in [2.45, 2.75) is 33.1 Å². The summed E-state index contributed by atoms with van der Waals surface area (Å²) in [5.41, 5.74) is -0.691. The molecule has 0 bridgehead atoms. The van der Waals surface area contributed by atoms with E-state index in [0.717, 1.165) is 0 Å². The topological polar surface area (TPSA) is 77.9 Å². The van der Waals surface area contributed by atoms with Gasteiger partial charge in [0.15, 0.2) is 0 Å². The molecule has 6 nitrogen and oxygen atoms in total. The number of carbonyl (C=O) groups excluding carboxylic acids is 2. The molecule has 0 saturated carbocycles. The third-order valence-electron chi connectivity index (χ3n) is 4.11. The van der Waals surface area contributed by atoms with E-state index in [0.29, 0.717) is 32.4 Å². The number of likely N-dealkylation sites (tertiary alicyclic amines) is 1. The lowest BCUT2D eigenvalue weighted by molar-refractivity contribution is -0.155. The van der Waals surface area contributed by atoms with E-state index in [1.165, 1.54) is 11.8 Å². The number of carboxylic acid groups (broad SMARTS) is 1. The van der Waals surface area contributed by atoms with Gasteiger partial charge in [-0.15, -0.1) is 0 Å². The molecule has 1 heterocycles. The summed E-state index contributed by atoms with van der Waals surface area (Å²) in [7, 11) is 1.58. The zero-order valence-corrected chi connectivity index (χ0v) is 11.8. The molecule has 0 unspecified atom stereocenters. The highest BCUT2D eigenvalue weighted by Gasteiger charge is 2.40. The van der Waals surface area contributed by atoms with Crippen molar-refractivity contribution in [3.05, 3.63) is 0 Å². The molecule has 1 aliphatic heterocycles. The third-order valence-corrected chi connectivity index (χ3v) is 4.11. The van der Waals surface area contributed by atoms with E-state index < -0.39 is 11.4 Å². The zero-order valence-electron chi connectivity index (χ0n) is 11.8. The maximum Gasteiger partial charge on any atom is 0.309 e. The van der Waals surface area contributed by atoms with Crippen LogP contribution in [0.15, 0.2) is 0 Å². The Bertz CT molecular complexity index is 373. The van der Waals surface area contributed by atoms with E-state index in [4.69, 9.17) is 0 Å². The zero-order chi connectivity index (χ0) is 14.6. The molecular weight excluding hydrogens is 248 g/mol. The minimum atomic E-state index is -0.775. The lowest BCUT2D eigenvalue weighted by Crippen LogP contribution is -2.49. The highest BCUT2D eigenvalue weighted by atomic mass is 16.4. The van der Waals surface area contributed by atoms with Gasteiger partial charge in [-0.25, -0.2) is 0 Å². The van der Waals surface area contributed by atoms with Gasteiger partial charge in [0.1, 0.15) is 0 Å². The van der Waals surface area contributed by atoms with Crippen LogP contribution in [-0.2, 0) is 14.4 Å². The number of hydrogen-bond acceptors (Lipinski definition) is 3. The Morgan fingerprint density at radius 2 is 1.79 bits per heavy atom. The second-order valence-electron chi connectivity index (χ2n) is 5.19. The fraction of sp³-hybridized carbons (Fsp3) is 0.769. The number of aliphatic carboxylic acids is 1. The van der Waals surface area contributed by atoms with E-state index in [-0.39, 0.29) is 18.4 Å². The first-order valence-electron chi connectivity index (χ1n) is 6.55. The van der Waals surface area contributed by atoms with Crippen molar-refractivity contribution >= 4 is 17.8 Å². The first-order chi connectivity index (χ1) is 8.82. The number of carbonyl (C=O) groups is 3. The molecule has 0 aliphatic carbocycles. The van der Waals surface area contributed by atoms with Gasteiger partial charge >= 0.3 is 5.97 Å². The number of nitrogens with zero attached hydrogens (tertiary/aromatic N) is 2. The van der Waals surface area contributed by atoms with Crippen LogP contribution in [-0.4, -0.2) is 59.4 Å². The number of carboxylic acids is 1. The largest absolute Gasteiger partial charge is 0.481 e. The Morgan fingerprint density at radius 1 is 1.26 bits per heavy atom. The van der Waals surface area contributed by atoms with Crippen LogP contribution >= 0.6 is 0 Å². The van der Waals surface area contributed by atoms with E-state index in [9.17, 15) is 19.5 Å². The number of rotatable bonds is 4. The van der Waals surface area contributed by atoms with Crippen LogP contribution < -0.4 is 0 Å². The Morgan fingerprint density at radius 3 is 2.16 bits per heavy atom. The van der Waals surface area contributed by atoms with E-state index >= 15 is 0 Å². The molecule has 1 saturated heterocycles. The highest BCUT2D eigenvalue weighted by Crippen LogP contribution is 2.35. The van der Waals surface area contributed by atoms with Crippen LogP contribution in [0.3, 0.4) is 0 Å². The average molecular weight is 270 g/mol. The quantitative estimate of drug-likeness (QED) is 0.810. The normalized spacial score (nSPS) is 17.9. The van der Waals surface area contributed by atoms with Gasteiger partial charge in [0.2, 0.25) is 11.8 Å². The summed E-state index contributed by atoms with van der Waals surface area (Å²) in [6.45, 7) is 4.24. The number of likely N-dealkylation sites (N-methyl/N-ethyl adjacent to an activating group) is 1. The van der Waals surface area contributed by atoms with Crippen molar-refractivity contribution in [2.24, 2.45) is 5.41 Å². The number of amides is 2. The second kappa shape index (κ2) is 6.04. The molecule has 1 fully saturated rings. The summed E-state index contributed by atoms with van der Waals surface area (Å²) in [4.78, 5) is 37.4. The summed E-state index contributed by atoms with van der Waals surface area (Å²) in [5.74, 6) is -1.05. The van der Waals surface area contributed by atoms with Gasteiger partial charge < -0.3 is 14.9 Å². The Labute approximate surface area is 113 Å². The predicted molar refractivity (Wildman–Crippen MR) is 69.5 cm³/mol. The van der Waals surface area contributed by atoms with Crippen molar-refractivity contribution in [1.82, 2.24) is 9.80 Å². The molecular formula is C13H22N2O4. The van der Waals surface area contributed by atoms with Crippen molar-refractivity contribution in [2.75, 3.05) is 26.7 Å². The minimum absolute atomic E-state index is 0.0571. The van der Waals surface area contributed by atoms with Gasteiger partial charge in [-0.2, -0.15) is 0 Å². The monoisotopic (exact) mass is 270 g/mol. The fourth-order valence-electron chi connectivity index (χ4n) is 2.32. The SMILES string of the molecule is CCC1(C(=O)O)CCN(C(=O)CN(C)C(C)=O)CC1. The Kier molecular flexibility index (Phi) is 4.91. The van der Waals surface area contributed by atoms with Gasteiger partial charge in [-0.3, -0.25) is 14.4 Å². The molecule has 1 aliphatic rings. The van der Waals surface area contributed by atoms with Gasteiger partial charge in [0, 0.05) is 27.1 Å². The first kappa shape index (κ1) is 15.5. The summed E-state index contributed by atoms with van der Waals surface area (Å²) in [6.07, 6.45) is 1.54. The molecule has 19 heavy (non-hydrogen) atoms. The molecule has 1 rings (SSSR count). The molecule has 0 radical (unpaired) electrons. The van der Waals surface area contributed by atoms with Crippen molar-refractivity contribution in [1.29, 1.82) is 0 Å². The van der Waals surface area contributed by atoms with Crippen LogP contribution in [0, 0.1) is 5.41 Å². The summed E-state index contributed by atoms with van der Waals surface area (Å²) >= 11 is 0. The Balaban J connectivity index is 2.56. The molecule has 6 heteroatoms. The minimum Gasteiger partial charge on any atom is -0.481 e. The molecule has 2 amide bonds. The third kappa shape index (κ3) is 3.45. The van der Waals surface area contributed by atoms with E-state index in [1.54, 1.807) is 11.9 Å². The lowest BCUT2D eigenvalue weighted by atomic mass is 9.76. The predicted octanol–water partition coefficient (Wildman–Crippen LogP) is 0.568. The molecule has 108 valence electrons. The first-order valence-corrected chi connectivity index (χ1v) is 6.55. The molecule has 0 aromatic rings. The van der Waals surface area contributed by atoms with Crippen LogP contribution in [0.5, 0.6) is 0 Å².